The Morgan fingerprint density at radius 3 is 3.07 bits per heavy atom. The van der Waals surface area contributed by atoms with Crippen molar-refractivity contribution in [2.45, 2.75) is 32.0 Å². The van der Waals surface area contributed by atoms with Gasteiger partial charge in [0.2, 0.25) is 0 Å². The van der Waals surface area contributed by atoms with Gasteiger partial charge in [-0.15, -0.1) is 5.10 Å². The van der Waals surface area contributed by atoms with Gasteiger partial charge in [-0.25, -0.2) is 0 Å². The quantitative estimate of drug-likeness (QED) is 0.835. The van der Waals surface area contributed by atoms with Gasteiger partial charge in [0.05, 0.1) is 12.7 Å². The lowest BCUT2D eigenvalue weighted by Gasteiger charge is -2.21. The van der Waals surface area contributed by atoms with Crippen molar-refractivity contribution in [3.8, 4) is 5.19 Å². The Bertz CT molecular complexity index is 299. The summed E-state index contributed by atoms with van der Waals surface area (Å²) in [5.41, 5.74) is 0. The minimum Gasteiger partial charge on any atom is -0.466 e. The third kappa shape index (κ3) is 3.12. The van der Waals surface area contributed by atoms with E-state index in [1.54, 1.807) is 0 Å². The smallest absolute Gasteiger partial charge is 0.294 e. The lowest BCUT2D eigenvalue weighted by molar-refractivity contribution is -0.0112. The summed E-state index contributed by atoms with van der Waals surface area (Å²) in [7, 11) is 0. The molecular formula is C9H14N2O3S. The number of aliphatic hydroxyl groups is 1. The second kappa shape index (κ2) is 5.39. The molecule has 6 heteroatoms. The lowest BCUT2D eigenvalue weighted by atomic mass is 10.1. The Labute approximate surface area is 92.0 Å². The summed E-state index contributed by atoms with van der Waals surface area (Å²) < 4.78 is 11.0. The van der Waals surface area contributed by atoms with Crippen molar-refractivity contribution in [2.75, 3.05) is 13.2 Å². The van der Waals surface area contributed by atoms with E-state index in [9.17, 15) is 0 Å². The summed E-state index contributed by atoms with van der Waals surface area (Å²) in [6, 6.07) is 0. The monoisotopic (exact) mass is 230 g/mol. The van der Waals surface area contributed by atoms with Gasteiger partial charge >= 0.3 is 0 Å². The van der Waals surface area contributed by atoms with Crippen LogP contribution >= 0.6 is 11.3 Å². The second-order valence-electron chi connectivity index (χ2n) is 3.42. The number of nitrogens with zero attached hydrogens (tertiary/aromatic N) is 2. The summed E-state index contributed by atoms with van der Waals surface area (Å²) in [6.45, 7) is 1.27. The Kier molecular flexibility index (Phi) is 3.87. The first-order valence-electron chi connectivity index (χ1n) is 5.06. The van der Waals surface area contributed by atoms with Crippen molar-refractivity contribution in [2.24, 2.45) is 0 Å². The van der Waals surface area contributed by atoms with Crippen LogP contribution in [0.25, 0.3) is 0 Å². The van der Waals surface area contributed by atoms with Crippen LogP contribution in [0, 0.1) is 0 Å². The Morgan fingerprint density at radius 2 is 2.40 bits per heavy atom. The minimum absolute atomic E-state index is 0.0824. The van der Waals surface area contributed by atoms with Crippen LogP contribution in [0.2, 0.25) is 0 Å². The molecule has 84 valence electrons. The van der Waals surface area contributed by atoms with Gasteiger partial charge in [0.15, 0.2) is 0 Å². The van der Waals surface area contributed by atoms with E-state index in [-0.39, 0.29) is 12.7 Å². The topological polar surface area (TPSA) is 64.5 Å². The molecule has 1 N–H and O–H groups in total. The van der Waals surface area contributed by atoms with Crippen LogP contribution in [0.3, 0.4) is 0 Å². The van der Waals surface area contributed by atoms with Crippen LogP contribution in [0.4, 0.5) is 0 Å². The fourth-order valence-corrected chi connectivity index (χ4v) is 2.02. The highest BCUT2D eigenvalue weighted by Crippen LogP contribution is 2.19. The SMILES string of the molecule is OCc1nnc(OCC2CCCCO2)s1. The van der Waals surface area contributed by atoms with Gasteiger partial charge in [-0.05, 0) is 19.3 Å². The van der Waals surface area contributed by atoms with Crippen molar-refractivity contribution in [1.29, 1.82) is 0 Å². The van der Waals surface area contributed by atoms with Crippen LogP contribution in [-0.2, 0) is 11.3 Å². The van der Waals surface area contributed by atoms with Crippen molar-refractivity contribution in [3.63, 3.8) is 0 Å². The molecule has 2 rings (SSSR count). The molecule has 15 heavy (non-hydrogen) atoms. The molecule has 0 saturated carbocycles. The van der Waals surface area contributed by atoms with Gasteiger partial charge in [-0.1, -0.05) is 16.4 Å². The van der Waals surface area contributed by atoms with Crippen LogP contribution < -0.4 is 4.74 Å². The standard InChI is InChI=1S/C9H14N2O3S/c12-5-8-10-11-9(15-8)14-6-7-3-1-2-4-13-7/h7,12H,1-6H2. The van der Waals surface area contributed by atoms with Crippen LogP contribution in [0.15, 0.2) is 0 Å². The Balaban J connectivity index is 1.76. The molecule has 0 radical (unpaired) electrons. The van der Waals surface area contributed by atoms with E-state index in [0.717, 1.165) is 19.4 Å². The van der Waals surface area contributed by atoms with Gasteiger partial charge in [0, 0.05) is 6.61 Å². The van der Waals surface area contributed by atoms with Crippen molar-refractivity contribution in [3.05, 3.63) is 5.01 Å². The maximum Gasteiger partial charge on any atom is 0.294 e. The van der Waals surface area contributed by atoms with E-state index in [4.69, 9.17) is 14.6 Å². The fraction of sp³-hybridized carbons (Fsp3) is 0.778. The van der Waals surface area contributed by atoms with E-state index in [1.807, 2.05) is 0 Å². The average molecular weight is 230 g/mol. The first-order valence-corrected chi connectivity index (χ1v) is 5.88. The van der Waals surface area contributed by atoms with Gasteiger partial charge < -0.3 is 14.6 Å². The molecule has 0 amide bonds. The molecule has 0 bridgehead atoms. The van der Waals surface area contributed by atoms with Crippen molar-refractivity contribution < 1.29 is 14.6 Å². The van der Waals surface area contributed by atoms with E-state index in [0.29, 0.717) is 16.8 Å². The predicted octanol–water partition coefficient (Wildman–Crippen LogP) is 0.978. The number of aromatic nitrogens is 2. The van der Waals surface area contributed by atoms with Gasteiger partial charge in [0.25, 0.3) is 5.19 Å². The van der Waals surface area contributed by atoms with Crippen LogP contribution in [-0.4, -0.2) is 34.6 Å². The molecule has 1 aliphatic heterocycles. The molecule has 1 fully saturated rings. The number of aliphatic hydroxyl groups excluding tert-OH is 1. The number of ether oxygens (including phenoxy) is 2. The molecule has 1 aromatic heterocycles. The summed E-state index contributed by atoms with van der Waals surface area (Å²) in [5.74, 6) is 0. The van der Waals surface area contributed by atoms with Gasteiger partial charge in [-0.3, -0.25) is 0 Å². The lowest BCUT2D eigenvalue weighted by Crippen LogP contribution is -2.25. The summed E-state index contributed by atoms with van der Waals surface area (Å²) in [5, 5.41) is 17.4. The van der Waals surface area contributed by atoms with E-state index in [1.165, 1.54) is 17.8 Å². The molecule has 1 aliphatic rings. The molecule has 1 saturated heterocycles. The highest BCUT2D eigenvalue weighted by atomic mass is 32.1. The third-order valence-corrected chi connectivity index (χ3v) is 3.07. The predicted molar refractivity (Wildman–Crippen MR) is 54.9 cm³/mol. The first-order chi connectivity index (χ1) is 7.38. The zero-order chi connectivity index (χ0) is 10.5. The highest BCUT2D eigenvalue weighted by Gasteiger charge is 2.15. The van der Waals surface area contributed by atoms with Crippen LogP contribution in [0.1, 0.15) is 24.3 Å². The molecular weight excluding hydrogens is 216 g/mol. The molecule has 1 aromatic rings. The maximum absolute atomic E-state index is 8.80. The molecule has 5 nitrogen and oxygen atoms in total. The number of rotatable bonds is 4. The molecule has 0 aromatic carbocycles. The minimum atomic E-state index is -0.0824. The van der Waals surface area contributed by atoms with Crippen molar-refractivity contribution in [1.82, 2.24) is 10.2 Å². The third-order valence-electron chi connectivity index (χ3n) is 2.25. The average Bonchev–Trinajstić information content (AvgIpc) is 2.76. The molecule has 2 heterocycles. The Morgan fingerprint density at radius 1 is 1.47 bits per heavy atom. The molecule has 1 unspecified atom stereocenters. The maximum atomic E-state index is 8.80. The zero-order valence-corrected chi connectivity index (χ0v) is 9.20. The van der Waals surface area contributed by atoms with Gasteiger partial charge in [-0.2, -0.15) is 0 Å². The van der Waals surface area contributed by atoms with E-state index in [2.05, 4.69) is 10.2 Å². The second-order valence-corrected chi connectivity index (χ2v) is 4.44. The van der Waals surface area contributed by atoms with E-state index >= 15 is 0 Å². The molecule has 0 aliphatic carbocycles. The summed E-state index contributed by atoms with van der Waals surface area (Å²) >= 11 is 1.27. The zero-order valence-electron chi connectivity index (χ0n) is 8.39. The molecule has 1 atom stereocenters. The normalized spacial score (nSPS) is 21.5. The number of hydrogen-bond acceptors (Lipinski definition) is 6. The highest BCUT2D eigenvalue weighted by molar-refractivity contribution is 7.13. The largest absolute Gasteiger partial charge is 0.466 e. The first kappa shape index (κ1) is 10.8. The fourth-order valence-electron chi connectivity index (χ4n) is 1.46. The number of hydrogen-bond donors (Lipinski definition) is 1. The van der Waals surface area contributed by atoms with E-state index < -0.39 is 0 Å². The van der Waals surface area contributed by atoms with Crippen molar-refractivity contribution >= 4 is 11.3 Å². The summed E-state index contributed by atoms with van der Waals surface area (Å²) in [6.07, 6.45) is 3.57. The van der Waals surface area contributed by atoms with Gasteiger partial charge in [0.1, 0.15) is 11.6 Å². The Hall–Kier alpha value is -0.720. The molecule has 0 spiro atoms. The van der Waals surface area contributed by atoms with Crippen LogP contribution in [0.5, 0.6) is 5.19 Å². The summed E-state index contributed by atoms with van der Waals surface area (Å²) in [4.78, 5) is 0.